The van der Waals surface area contributed by atoms with E-state index >= 15 is 0 Å². The number of piperidine rings is 2. The molecule has 2 saturated heterocycles. The number of likely N-dealkylation sites (tertiary alicyclic amines) is 2. The van der Waals surface area contributed by atoms with Crippen molar-refractivity contribution < 1.29 is 19.5 Å². The first-order chi connectivity index (χ1) is 19.8. The van der Waals surface area contributed by atoms with Gasteiger partial charge in [0.15, 0.2) is 0 Å². The Bertz CT molecular complexity index is 1290. The third-order valence-corrected chi connectivity index (χ3v) is 8.81. The minimum absolute atomic E-state index is 0.0188. The van der Waals surface area contributed by atoms with Crippen molar-refractivity contribution in [3.8, 4) is 0 Å². The van der Waals surface area contributed by atoms with E-state index in [9.17, 15) is 9.59 Å². The molecule has 41 heavy (non-hydrogen) atoms. The zero-order chi connectivity index (χ0) is 29.4. The van der Waals surface area contributed by atoms with Crippen molar-refractivity contribution in [2.24, 2.45) is 5.92 Å². The Hall–Kier alpha value is -3.65. The molecule has 5 rings (SSSR count). The predicted molar refractivity (Wildman–Crippen MR) is 162 cm³/mol. The summed E-state index contributed by atoms with van der Waals surface area (Å²) in [6.45, 7) is 9.82. The number of fused-ring (bicyclic) bond motifs is 1. The van der Waals surface area contributed by atoms with E-state index in [1.54, 1.807) is 0 Å². The fourth-order valence-electron chi connectivity index (χ4n) is 6.36. The van der Waals surface area contributed by atoms with Gasteiger partial charge in [-0.3, -0.25) is 14.4 Å². The SMILES string of the molecule is CCC(C)C(C(=O)N1CCC(N2CCC(NC(=O)c3ccc4[nH]c(C)cc4c3)CC2)CC1)c1ccccc1.O=CO. The van der Waals surface area contributed by atoms with Gasteiger partial charge in [-0.2, -0.15) is 0 Å². The average Bonchev–Trinajstić information content (AvgIpc) is 3.38. The van der Waals surface area contributed by atoms with E-state index in [1.165, 1.54) is 0 Å². The van der Waals surface area contributed by atoms with Gasteiger partial charge < -0.3 is 25.2 Å². The number of benzene rings is 2. The lowest BCUT2D eigenvalue weighted by atomic mass is 9.84. The van der Waals surface area contributed by atoms with Crippen LogP contribution in [0.4, 0.5) is 0 Å². The highest BCUT2D eigenvalue weighted by Gasteiger charge is 2.34. The van der Waals surface area contributed by atoms with Crippen LogP contribution in [0.15, 0.2) is 54.6 Å². The van der Waals surface area contributed by atoms with E-state index < -0.39 is 0 Å². The first-order valence-electron chi connectivity index (χ1n) is 14.9. The highest BCUT2D eigenvalue weighted by molar-refractivity contribution is 5.98. The molecule has 8 nitrogen and oxygen atoms in total. The molecule has 1 aromatic heterocycles. The third-order valence-electron chi connectivity index (χ3n) is 8.81. The molecule has 2 aromatic carbocycles. The standard InChI is InChI=1S/C32H42N4O2.CH2O2/c1-4-22(2)30(24-8-6-5-7-9-24)32(38)36-18-14-28(15-19-36)35-16-12-27(13-17-35)34-31(37)25-10-11-29-26(21-25)20-23(3)33-29;2-1-3/h5-11,20-22,27-28,30,33H,4,12-19H2,1-3H3,(H,34,37);1H,(H,2,3). The molecule has 3 N–H and O–H groups in total. The van der Waals surface area contributed by atoms with Crippen LogP contribution in [0.2, 0.25) is 0 Å². The van der Waals surface area contributed by atoms with Crippen LogP contribution in [-0.4, -0.2) is 76.4 Å². The summed E-state index contributed by atoms with van der Waals surface area (Å²) >= 11 is 0. The molecule has 3 heterocycles. The molecule has 2 unspecified atom stereocenters. The summed E-state index contributed by atoms with van der Waals surface area (Å²) in [5.41, 5.74) is 4.03. The van der Waals surface area contributed by atoms with Gasteiger partial charge in [-0.25, -0.2) is 0 Å². The lowest BCUT2D eigenvalue weighted by Crippen LogP contribution is -2.52. The fourth-order valence-corrected chi connectivity index (χ4v) is 6.36. The molecule has 2 fully saturated rings. The Balaban J connectivity index is 0.00000124. The second-order valence-corrected chi connectivity index (χ2v) is 11.5. The van der Waals surface area contributed by atoms with Crippen molar-refractivity contribution >= 4 is 29.2 Å². The van der Waals surface area contributed by atoms with Crippen LogP contribution in [0.3, 0.4) is 0 Å². The maximum atomic E-state index is 13.6. The molecular formula is C33H44N4O4. The van der Waals surface area contributed by atoms with Crippen LogP contribution in [0.25, 0.3) is 10.9 Å². The fraction of sp³-hybridized carbons (Fsp3) is 0.485. The molecule has 2 aliphatic rings. The Morgan fingerprint density at radius 2 is 1.68 bits per heavy atom. The van der Waals surface area contributed by atoms with E-state index in [0.29, 0.717) is 17.9 Å². The monoisotopic (exact) mass is 560 g/mol. The molecule has 8 heteroatoms. The van der Waals surface area contributed by atoms with Crippen LogP contribution in [0.5, 0.6) is 0 Å². The van der Waals surface area contributed by atoms with Gasteiger partial charge in [0, 0.05) is 60.4 Å². The first kappa shape index (κ1) is 30.3. The van der Waals surface area contributed by atoms with Crippen LogP contribution in [0.1, 0.15) is 73.5 Å². The smallest absolute Gasteiger partial charge is 0.290 e. The van der Waals surface area contributed by atoms with Gasteiger partial charge in [0.2, 0.25) is 5.91 Å². The van der Waals surface area contributed by atoms with Gasteiger partial charge in [-0.1, -0.05) is 50.6 Å². The summed E-state index contributed by atoms with van der Waals surface area (Å²) in [5, 5.41) is 11.2. The van der Waals surface area contributed by atoms with Crippen LogP contribution in [0, 0.1) is 12.8 Å². The minimum Gasteiger partial charge on any atom is -0.483 e. The van der Waals surface area contributed by atoms with Crippen LogP contribution in [-0.2, 0) is 9.59 Å². The largest absolute Gasteiger partial charge is 0.483 e. The summed E-state index contributed by atoms with van der Waals surface area (Å²) in [7, 11) is 0. The van der Waals surface area contributed by atoms with Crippen molar-refractivity contribution in [1.29, 1.82) is 0 Å². The maximum Gasteiger partial charge on any atom is 0.290 e. The van der Waals surface area contributed by atoms with Crippen molar-refractivity contribution in [1.82, 2.24) is 20.1 Å². The van der Waals surface area contributed by atoms with E-state index in [4.69, 9.17) is 9.90 Å². The highest BCUT2D eigenvalue weighted by Crippen LogP contribution is 2.31. The molecule has 0 radical (unpaired) electrons. The van der Waals surface area contributed by atoms with Gasteiger partial charge in [0.05, 0.1) is 5.92 Å². The van der Waals surface area contributed by atoms with Gasteiger partial charge >= 0.3 is 0 Å². The molecule has 0 saturated carbocycles. The topological polar surface area (TPSA) is 106 Å². The zero-order valence-electron chi connectivity index (χ0n) is 24.5. The maximum absolute atomic E-state index is 13.6. The number of carboxylic acid groups (broad SMARTS) is 1. The molecule has 0 aliphatic carbocycles. The van der Waals surface area contributed by atoms with Crippen LogP contribution < -0.4 is 5.32 Å². The normalized spacial score (nSPS) is 18.3. The van der Waals surface area contributed by atoms with E-state index in [2.05, 4.69) is 52.1 Å². The van der Waals surface area contributed by atoms with E-state index in [0.717, 1.165) is 86.0 Å². The van der Waals surface area contributed by atoms with Gasteiger partial charge in [-0.05, 0) is 68.4 Å². The van der Waals surface area contributed by atoms with Gasteiger partial charge in [-0.15, -0.1) is 0 Å². The number of carbonyl (C=O) groups is 3. The predicted octanol–water partition coefficient (Wildman–Crippen LogP) is 5.19. The van der Waals surface area contributed by atoms with Crippen LogP contribution >= 0.6 is 0 Å². The summed E-state index contributed by atoms with van der Waals surface area (Å²) in [6, 6.07) is 19.0. The highest BCUT2D eigenvalue weighted by atomic mass is 16.3. The molecule has 2 atom stereocenters. The lowest BCUT2D eigenvalue weighted by molar-refractivity contribution is -0.135. The van der Waals surface area contributed by atoms with Gasteiger partial charge in [0.25, 0.3) is 12.4 Å². The molecule has 2 amide bonds. The summed E-state index contributed by atoms with van der Waals surface area (Å²) in [4.78, 5) is 42.9. The average molecular weight is 561 g/mol. The summed E-state index contributed by atoms with van der Waals surface area (Å²) < 4.78 is 0. The Labute approximate surface area is 243 Å². The van der Waals surface area contributed by atoms with Crippen molar-refractivity contribution in [3.05, 3.63) is 71.4 Å². The number of hydrogen-bond donors (Lipinski definition) is 3. The lowest BCUT2D eigenvalue weighted by Gasteiger charge is -2.42. The molecule has 220 valence electrons. The number of H-pyrrole nitrogens is 1. The Morgan fingerprint density at radius 3 is 2.32 bits per heavy atom. The zero-order valence-corrected chi connectivity index (χ0v) is 24.5. The quantitative estimate of drug-likeness (QED) is 0.345. The summed E-state index contributed by atoms with van der Waals surface area (Å²) in [5.74, 6) is 0.578. The number of carbonyl (C=O) groups excluding carboxylic acids is 2. The molecule has 0 bridgehead atoms. The molecular weight excluding hydrogens is 516 g/mol. The second-order valence-electron chi connectivity index (χ2n) is 11.5. The number of rotatable bonds is 7. The Morgan fingerprint density at radius 1 is 1.02 bits per heavy atom. The number of aryl methyl sites for hydroxylation is 1. The number of aromatic amines is 1. The Kier molecular flexibility index (Phi) is 10.6. The minimum atomic E-state index is -0.250. The number of amides is 2. The second kappa shape index (κ2) is 14.3. The van der Waals surface area contributed by atoms with Crippen molar-refractivity contribution in [2.75, 3.05) is 26.2 Å². The molecule has 2 aliphatic heterocycles. The summed E-state index contributed by atoms with van der Waals surface area (Å²) in [6.07, 6.45) is 5.00. The van der Waals surface area contributed by atoms with E-state index in [1.807, 2.05) is 43.3 Å². The van der Waals surface area contributed by atoms with E-state index in [-0.39, 0.29) is 24.3 Å². The van der Waals surface area contributed by atoms with Crippen molar-refractivity contribution in [3.63, 3.8) is 0 Å². The molecule has 3 aromatic rings. The number of aromatic nitrogens is 1. The van der Waals surface area contributed by atoms with Crippen molar-refractivity contribution in [2.45, 2.75) is 70.9 Å². The third kappa shape index (κ3) is 7.55. The molecule has 0 spiro atoms. The number of nitrogens with one attached hydrogen (secondary N) is 2. The number of nitrogens with zero attached hydrogens (tertiary/aromatic N) is 2. The number of hydrogen-bond acceptors (Lipinski definition) is 4. The first-order valence-corrected chi connectivity index (χ1v) is 14.9. The van der Waals surface area contributed by atoms with Gasteiger partial charge in [0.1, 0.15) is 0 Å².